The molecule has 2 rings (SSSR count). The van der Waals surface area contributed by atoms with E-state index in [0.717, 1.165) is 9.26 Å². The molecule has 0 aliphatic rings. The predicted molar refractivity (Wildman–Crippen MR) is 84.8 cm³/mol. The van der Waals surface area contributed by atoms with Gasteiger partial charge in [-0.1, -0.05) is 25.4 Å². The average Bonchev–Trinajstić information content (AvgIpc) is 2.77. The molecule has 0 radical (unpaired) electrons. The van der Waals surface area contributed by atoms with Crippen LogP contribution in [-0.4, -0.2) is 16.1 Å². The van der Waals surface area contributed by atoms with E-state index >= 15 is 0 Å². The summed E-state index contributed by atoms with van der Waals surface area (Å²) in [5, 5.41) is 10.3. The first kappa shape index (κ1) is 14.3. The van der Waals surface area contributed by atoms with Crippen molar-refractivity contribution in [2.45, 2.75) is 19.8 Å². The second-order valence-corrected chi connectivity index (χ2v) is 6.04. The minimum atomic E-state index is -0.192. The number of carbonyl (C=O) groups is 1. The fourth-order valence-electron chi connectivity index (χ4n) is 1.55. The second kappa shape index (κ2) is 5.92. The quantitative estimate of drug-likeness (QED) is 0.778. The average molecular weight is 390 g/mol. The van der Waals surface area contributed by atoms with Crippen LogP contribution in [0.25, 0.3) is 0 Å². The predicted octanol–water partition coefficient (Wildman–Crippen LogP) is 4.04. The van der Waals surface area contributed by atoms with Crippen LogP contribution in [0, 0.1) is 3.57 Å². The Morgan fingerprint density at radius 3 is 2.74 bits per heavy atom. The molecule has 1 aromatic carbocycles. The van der Waals surface area contributed by atoms with E-state index in [1.165, 1.54) is 0 Å². The number of H-pyrrole nitrogens is 1. The van der Waals surface area contributed by atoms with Crippen molar-refractivity contribution in [3.8, 4) is 0 Å². The van der Waals surface area contributed by atoms with E-state index in [1.807, 2.05) is 6.07 Å². The van der Waals surface area contributed by atoms with Crippen molar-refractivity contribution in [2.75, 3.05) is 5.32 Å². The molecule has 0 saturated heterocycles. The molecule has 0 unspecified atom stereocenters. The van der Waals surface area contributed by atoms with Crippen LogP contribution in [0.2, 0.25) is 5.02 Å². The number of aromatic amines is 1. The number of benzene rings is 1. The van der Waals surface area contributed by atoms with Crippen molar-refractivity contribution in [1.82, 2.24) is 10.2 Å². The van der Waals surface area contributed by atoms with Gasteiger partial charge in [0.05, 0.1) is 5.56 Å². The standard InChI is InChI=1S/C13H13ClIN3O/c1-7(2)11-6-12(18-17-11)16-13(19)9-4-3-8(14)5-10(9)15/h3-7H,1-2H3,(H2,16,17,18,19). The minimum Gasteiger partial charge on any atom is -0.305 e. The van der Waals surface area contributed by atoms with Gasteiger partial charge in [-0.15, -0.1) is 0 Å². The number of hydrogen-bond acceptors (Lipinski definition) is 2. The normalized spacial score (nSPS) is 10.8. The van der Waals surface area contributed by atoms with Gasteiger partial charge in [-0.2, -0.15) is 5.10 Å². The molecule has 2 aromatic rings. The Labute approximate surface area is 130 Å². The molecule has 6 heteroatoms. The Balaban J connectivity index is 2.16. The van der Waals surface area contributed by atoms with Gasteiger partial charge in [0.25, 0.3) is 5.91 Å². The molecule has 1 heterocycles. The number of anilines is 1. The van der Waals surface area contributed by atoms with Gasteiger partial charge in [0, 0.05) is 20.4 Å². The van der Waals surface area contributed by atoms with Crippen molar-refractivity contribution >= 4 is 45.9 Å². The summed E-state index contributed by atoms with van der Waals surface area (Å²) >= 11 is 7.95. The highest BCUT2D eigenvalue weighted by Crippen LogP contribution is 2.20. The van der Waals surface area contributed by atoms with Crippen molar-refractivity contribution in [3.05, 3.63) is 44.1 Å². The van der Waals surface area contributed by atoms with Crippen LogP contribution in [0.5, 0.6) is 0 Å². The summed E-state index contributed by atoms with van der Waals surface area (Å²) in [6.45, 7) is 4.11. The maximum absolute atomic E-state index is 12.1. The van der Waals surface area contributed by atoms with E-state index in [4.69, 9.17) is 11.6 Å². The number of hydrogen-bond donors (Lipinski definition) is 2. The summed E-state index contributed by atoms with van der Waals surface area (Å²) in [6.07, 6.45) is 0. The highest BCUT2D eigenvalue weighted by atomic mass is 127. The molecular weight excluding hydrogens is 377 g/mol. The van der Waals surface area contributed by atoms with Gasteiger partial charge in [0.15, 0.2) is 5.82 Å². The van der Waals surface area contributed by atoms with Crippen molar-refractivity contribution in [3.63, 3.8) is 0 Å². The Morgan fingerprint density at radius 1 is 1.42 bits per heavy atom. The van der Waals surface area contributed by atoms with Gasteiger partial charge >= 0.3 is 0 Å². The zero-order chi connectivity index (χ0) is 14.0. The first-order valence-electron chi connectivity index (χ1n) is 5.79. The van der Waals surface area contributed by atoms with Crippen LogP contribution >= 0.6 is 34.2 Å². The fraction of sp³-hybridized carbons (Fsp3) is 0.231. The summed E-state index contributed by atoms with van der Waals surface area (Å²) in [5.74, 6) is 0.677. The van der Waals surface area contributed by atoms with E-state index in [0.29, 0.717) is 22.3 Å². The fourth-order valence-corrected chi connectivity index (χ4v) is 2.67. The summed E-state index contributed by atoms with van der Waals surface area (Å²) < 4.78 is 0.808. The molecular formula is C13H13ClIN3O. The summed E-state index contributed by atoms with van der Waals surface area (Å²) in [4.78, 5) is 12.1. The lowest BCUT2D eigenvalue weighted by atomic mass is 10.1. The molecule has 19 heavy (non-hydrogen) atoms. The molecule has 0 atom stereocenters. The molecule has 0 fully saturated rings. The lowest BCUT2D eigenvalue weighted by Crippen LogP contribution is -2.13. The Bertz CT molecular complexity index is 610. The molecule has 0 aliphatic carbocycles. The zero-order valence-electron chi connectivity index (χ0n) is 10.5. The molecule has 0 bridgehead atoms. The van der Waals surface area contributed by atoms with E-state index in [1.54, 1.807) is 18.2 Å². The van der Waals surface area contributed by atoms with Crippen LogP contribution in [0.15, 0.2) is 24.3 Å². The number of rotatable bonds is 3. The van der Waals surface area contributed by atoms with Gasteiger partial charge in [-0.3, -0.25) is 9.89 Å². The number of halogens is 2. The molecule has 0 spiro atoms. The van der Waals surface area contributed by atoms with Gasteiger partial charge < -0.3 is 5.32 Å². The van der Waals surface area contributed by atoms with Crippen LogP contribution < -0.4 is 5.32 Å². The first-order chi connectivity index (χ1) is 8.97. The third-order valence-electron chi connectivity index (χ3n) is 2.64. The van der Waals surface area contributed by atoms with E-state index in [2.05, 4.69) is 52.0 Å². The number of amides is 1. The van der Waals surface area contributed by atoms with E-state index in [-0.39, 0.29) is 5.91 Å². The van der Waals surface area contributed by atoms with Crippen molar-refractivity contribution in [1.29, 1.82) is 0 Å². The Hall–Kier alpha value is -1.08. The van der Waals surface area contributed by atoms with Crippen LogP contribution in [0.4, 0.5) is 5.82 Å². The zero-order valence-corrected chi connectivity index (χ0v) is 13.4. The molecule has 100 valence electrons. The molecule has 0 aliphatic heterocycles. The minimum absolute atomic E-state index is 0.192. The van der Waals surface area contributed by atoms with Crippen LogP contribution in [0.1, 0.15) is 35.8 Å². The lowest BCUT2D eigenvalue weighted by Gasteiger charge is -2.04. The maximum atomic E-state index is 12.1. The lowest BCUT2D eigenvalue weighted by molar-refractivity contribution is 0.102. The highest BCUT2D eigenvalue weighted by Gasteiger charge is 2.12. The van der Waals surface area contributed by atoms with Gasteiger partial charge in [-0.05, 0) is 46.7 Å². The topological polar surface area (TPSA) is 57.8 Å². The van der Waals surface area contributed by atoms with E-state index < -0.39 is 0 Å². The Kier molecular flexibility index (Phi) is 4.46. The third kappa shape index (κ3) is 3.48. The summed E-state index contributed by atoms with van der Waals surface area (Å²) in [7, 11) is 0. The molecule has 4 nitrogen and oxygen atoms in total. The molecule has 2 N–H and O–H groups in total. The number of carbonyl (C=O) groups excluding carboxylic acids is 1. The molecule has 0 saturated carbocycles. The Morgan fingerprint density at radius 2 is 2.16 bits per heavy atom. The molecule has 1 amide bonds. The van der Waals surface area contributed by atoms with Crippen molar-refractivity contribution in [2.24, 2.45) is 0 Å². The van der Waals surface area contributed by atoms with Gasteiger partial charge in [0.2, 0.25) is 0 Å². The smallest absolute Gasteiger partial charge is 0.257 e. The maximum Gasteiger partial charge on any atom is 0.257 e. The second-order valence-electron chi connectivity index (χ2n) is 4.44. The largest absolute Gasteiger partial charge is 0.305 e. The SMILES string of the molecule is CC(C)c1cc(NC(=O)c2ccc(Cl)cc2I)n[nH]1. The number of nitrogens with one attached hydrogen (secondary N) is 2. The van der Waals surface area contributed by atoms with E-state index in [9.17, 15) is 4.79 Å². The first-order valence-corrected chi connectivity index (χ1v) is 7.24. The number of nitrogens with zero attached hydrogens (tertiary/aromatic N) is 1. The number of aromatic nitrogens is 2. The summed E-state index contributed by atoms with van der Waals surface area (Å²) in [5.41, 5.74) is 1.57. The van der Waals surface area contributed by atoms with Gasteiger partial charge in [0.1, 0.15) is 0 Å². The van der Waals surface area contributed by atoms with Gasteiger partial charge in [-0.25, -0.2) is 0 Å². The summed E-state index contributed by atoms with van der Waals surface area (Å²) in [6, 6.07) is 6.99. The van der Waals surface area contributed by atoms with Crippen LogP contribution in [0.3, 0.4) is 0 Å². The third-order valence-corrected chi connectivity index (χ3v) is 3.76. The monoisotopic (exact) mass is 389 g/mol. The van der Waals surface area contributed by atoms with Crippen LogP contribution in [-0.2, 0) is 0 Å². The van der Waals surface area contributed by atoms with Crippen molar-refractivity contribution < 1.29 is 4.79 Å². The molecule has 1 aromatic heterocycles. The highest BCUT2D eigenvalue weighted by molar-refractivity contribution is 14.1.